The molecule has 3 nitrogen and oxygen atoms in total. The van der Waals surface area contributed by atoms with E-state index in [1.807, 2.05) is 0 Å². The van der Waals surface area contributed by atoms with Crippen LogP contribution in [0.3, 0.4) is 0 Å². The number of halogens is 2. The second-order valence-corrected chi connectivity index (χ2v) is 4.53. The summed E-state index contributed by atoms with van der Waals surface area (Å²) in [6.45, 7) is 0. The monoisotopic (exact) mass is 293 g/mol. The zero-order valence-electron chi connectivity index (χ0n) is 12.1. The third-order valence-corrected chi connectivity index (χ3v) is 3.26. The average Bonchev–Trinajstić information content (AvgIpc) is 2.51. The van der Waals surface area contributed by atoms with Crippen molar-refractivity contribution in [3.05, 3.63) is 59.2 Å². The van der Waals surface area contributed by atoms with Gasteiger partial charge in [0.25, 0.3) is 0 Å². The molecule has 0 aliphatic heterocycles. The fourth-order valence-corrected chi connectivity index (χ4v) is 2.23. The Morgan fingerprint density at radius 2 is 1.57 bits per heavy atom. The minimum Gasteiger partial charge on any atom is -0.497 e. The van der Waals surface area contributed by atoms with E-state index in [4.69, 9.17) is 9.47 Å². The Balaban J connectivity index is 2.52. The second-order valence-electron chi connectivity index (χ2n) is 4.53. The van der Waals surface area contributed by atoms with Crippen LogP contribution in [-0.4, -0.2) is 21.3 Å². The number of hydrogen-bond donors (Lipinski definition) is 1. The first-order valence-corrected chi connectivity index (χ1v) is 6.44. The highest BCUT2D eigenvalue weighted by atomic mass is 19.1. The summed E-state index contributed by atoms with van der Waals surface area (Å²) in [6, 6.07) is 8.12. The van der Waals surface area contributed by atoms with Crippen molar-refractivity contribution in [2.45, 2.75) is 6.04 Å². The van der Waals surface area contributed by atoms with Gasteiger partial charge in [-0.15, -0.1) is 0 Å². The molecule has 1 unspecified atom stereocenters. The van der Waals surface area contributed by atoms with Gasteiger partial charge in [-0.25, -0.2) is 8.78 Å². The van der Waals surface area contributed by atoms with E-state index in [1.165, 1.54) is 20.3 Å². The summed E-state index contributed by atoms with van der Waals surface area (Å²) in [5.74, 6) is 0.210. The molecule has 0 fully saturated rings. The topological polar surface area (TPSA) is 30.5 Å². The molecular weight excluding hydrogens is 276 g/mol. The maximum absolute atomic E-state index is 14.0. The molecular formula is C16H17F2NO2. The van der Waals surface area contributed by atoms with Crippen LogP contribution in [0.2, 0.25) is 0 Å². The van der Waals surface area contributed by atoms with Gasteiger partial charge in [-0.3, -0.25) is 0 Å². The zero-order valence-corrected chi connectivity index (χ0v) is 12.1. The quantitative estimate of drug-likeness (QED) is 0.917. The van der Waals surface area contributed by atoms with Crippen LogP contribution in [-0.2, 0) is 0 Å². The molecule has 0 aromatic heterocycles. The molecule has 112 valence electrons. The maximum atomic E-state index is 14.0. The molecule has 0 bridgehead atoms. The smallest absolute Gasteiger partial charge is 0.128 e. The van der Waals surface area contributed by atoms with Gasteiger partial charge in [0.2, 0.25) is 0 Å². The zero-order chi connectivity index (χ0) is 15.4. The lowest BCUT2D eigenvalue weighted by Crippen LogP contribution is -2.19. The predicted molar refractivity (Wildman–Crippen MR) is 76.8 cm³/mol. The summed E-state index contributed by atoms with van der Waals surface area (Å²) in [5.41, 5.74) is 0.950. The molecule has 2 aromatic rings. The van der Waals surface area contributed by atoms with Gasteiger partial charge < -0.3 is 14.8 Å². The van der Waals surface area contributed by atoms with E-state index in [2.05, 4.69) is 5.32 Å². The highest BCUT2D eigenvalue weighted by Crippen LogP contribution is 2.31. The lowest BCUT2D eigenvalue weighted by Gasteiger charge is -2.19. The average molecular weight is 293 g/mol. The van der Waals surface area contributed by atoms with E-state index in [0.717, 1.165) is 17.7 Å². The molecule has 0 spiro atoms. The summed E-state index contributed by atoms with van der Waals surface area (Å²) in [4.78, 5) is 0. The van der Waals surface area contributed by atoms with Gasteiger partial charge in [0.05, 0.1) is 20.3 Å². The van der Waals surface area contributed by atoms with Crippen LogP contribution in [0.5, 0.6) is 11.5 Å². The van der Waals surface area contributed by atoms with Crippen molar-refractivity contribution in [3.63, 3.8) is 0 Å². The standard InChI is InChI=1S/C16H17F2NO2/c1-19-16(14-8-11(17)4-5-15(14)18)10-6-12(20-2)9-13(7-10)21-3/h4-9,16,19H,1-3H3. The largest absolute Gasteiger partial charge is 0.497 e. The minimum atomic E-state index is -0.510. The first-order valence-electron chi connectivity index (χ1n) is 6.44. The van der Waals surface area contributed by atoms with Crippen LogP contribution in [0.1, 0.15) is 17.2 Å². The lowest BCUT2D eigenvalue weighted by molar-refractivity contribution is 0.392. The van der Waals surface area contributed by atoms with E-state index in [-0.39, 0.29) is 5.56 Å². The van der Waals surface area contributed by atoms with Crippen molar-refractivity contribution >= 4 is 0 Å². The number of ether oxygens (including phenoxy) is 2. The van der Waals surface area contributed by atoms with E-state index < -0.39 is 17.7 Å². The first kappa shape index (κ1) is 15.3. The normalized spacial score (nSPS) is 12.0. The van der Waals surface area contributed by atoms with Gasteiger partial charge in [0.15, 0.2) is 0 Å². The number of rotatable bonds is 5. The Labute approximate surface area is 122 Å². The summed E-state index contributed by atoms with van der Waals surface area (Å²) < 4.78 is 37.8. The van der Waals surface area contributed by atoms with Crippen molar-refractivity contribution in [2.24, 2.45) is 0 Å². The maximum Gasteiger partial charge on any atom is 0.128 e. The van der Waals surface area contributed by atoms with Crippen LogP contribution in [0.25, 0.3) is 0 Å². The first-order chi connectivity index (χ1) is 10.1. The van der Waals surface area contributed by atoms with Gasteiger partial charge in [0, 0.05) is 11.6 Å². The van der Waals surface area contributed by atoms with Crippen molar-refractivity contribution in [1.82, 2.24) is 5.32 Å². The van der Waals surface area contributed by atoms with E-state index in [0.29, 0.717) is 11.5 Å². The Morgan fingerprint density at radius 3 is 2.10 bits per heavy atom. The van der Waals surface area contributed by atoms with Crippen molar-refractivity contribution in [3.8, 4) is 11.5 Å². The third-order valence-electron chi connectivity index (χ3n) is 3.26. The molecule has 5 heteroatoms. The highest BCUT2D eigenvalue weighted by Gasteiger charge is 2.18. The third kappa shape index (κ3) is 3.31. The molecule has 0 amide bonds. The Morgan fingerprint density at radius 1 is 0.952 bits per heavy atom. The molecule has 0 saturated carbocycles. The molecule has 0 radical (unpaired) electrons. The molecule has 2 rings (SSSR count). The minimum absolute atomic E-state index is 0.229. The molecule has 0 aliphatic rings. The van der Waals surface area contributed by atoms with Gasteiger partial charge in [-0.1, -0.05) is 0 Å². The van der Waals surface area contributed by atoms with Gasteiger partial charge in [0.1, 0.15) is 23.1 Å². The van der Waals surface area contributed by atoms with E-state index in [9.17, 15) is 8.78 Å². The molecule has 0 aliphatic carbocycles. The molecule has 0 heterocycles. The van der Waals surface area contributed by atoms with Crippen LogP contribution in [0.15, 0.2) is 36.4 Å². The molecule has 21 heavy (non-hydrogen) atoms. The predicted octanol–water partition coefficient (Wildman–Crippen LogP) is 3.29. The number of benzene rings is 2. The van der Waals surface area contributed by atoms with E-state index in [1.54, 1.807) is 25.2 Å². The van der Waals surface area contributed by atoms with E-state index >= 15 is 0 Å². The Bertz CT molecular complexity index is 609. The summed E-state index contributed by atoms with van der Waals surface area (Å²) in [5, 5.41) is 2.99. The SMILES string of the molecule is CNC(c1cc(OC)cc(OC)c1)c1cc(F)ccc1F. The second kappa shape index (κ2) is 6.54. The van der Waals surface area contributed by atoms with Gasteiger partial charge >= 0.3 is 0 Å². The van der Waals surface area contributed by atoms with Crippen molar-refractivity contribution in [1.29, 1.82) is 0 Å². The fraction of sp³-hybridized carbons (Fsp3) is 0.250. The van der Waals surface area contributed by atoms with Crippen LogP contribution in [0, 0.1) is 11.6 Å². The number of hydrogen-bond acceptors (Lipinski definition) is 3. The summed E-state index contributed by atoms with van der Waals surface area (Å²) >= 11 is 0. The Kier molecular flexibility index (Phi) is 4.75. The van der Waals surface area contributed by atoms with Gasteiger partial charge in [-0.05, 0) is 42.9 Å². The van der Waals surface area contributed by atoms with Gasteiger partial charge in [-0.2, -0.15) is 0 Å². The number of methoxy groups -OCH3 is 2. The molecule has 2 aromatic carbocycles. The van der Waals surface area contributed by atoms with Crippen LogP contribution in [0.4, 0.5) is 8.78 Å². The van der Waals surface area contributed by atoms with Crippen molar-refractivity contribution < 1.29 is 18.3 Å². The van der Waals surface area contributed by atoms with Crippen LogP contribution >= 0.6 is 0 Å². The number of nitrogens with one attached hydrogen (secondary N) is 1. The molecule has 1 atom stereocenters. The summed E-state index contributed by atoms with van der Waals surface area (Å²) in [7, 11) is 4.76. The van der Waals surface area contributed by atoms with Crippen molar-refractivity contribution in [2.75, 3.05) is 21.3 Å². The molecule has 0 saturated heterocycles. The fourth-order valence-electron chi connectivity index (χ4n) is 2.23. The lowest BCUT2D eigenvalue weighted by atomic mass is 9.97. The highest BCUT2D eigenvalue weighted by molar-refractivity contribution is 5.43. The van der Waals surface area contributed by atoms with Crippen LogP contribution < -0.4 is 14.8 Å². The molecule has 1 N–H and O–H groups in total. The Hall–Kier alpha value is -2.14. The summed E-state index contributed by atoms with van der Waals surface area (Å²) in [6.07, 6.45) is 0.